The standard InChI is InChI=1S/C22H26N6O2/c1-14(10-19(27-23)17-8-9-17)24-21-11-15(2)25-22(26-21)29-13-18-12-20(28-30-18)16-6-4-3-5-7-16/h3-7,11-12,17,19,27H,1,8-10,13,23H2,2H3,(H,24,25,26). The van der Waals surface area contributed by atoms with Gasteiger partial charge < -0.3 is 14.6 Å². The first-order chi connectivity index (χ1) is 14.6. The van der Waals surface area contributed by atoms with E-state index in [9.17, 15) is 0 Å². The van der Waals surface area contributed by atoms with E-state index in [-0.39, 0.29) is 18.7 Å². The molecular formula is C22H26N6O2. The average molecular weight is 406 g/mol. The van der Waals surface area contributed by atoms with Gasteiger partial charge >= 0.3 is 6.01 Å². The lowest BCUT2D eigenvalue weighted by Gasteiger charge is -2.17. The van der Waals surface area contributed by atoms with Gasteiger partial charge in [0.05, 0.1) is 0 Å². The maximum atomic E-state index is 5.74. The van der Waals surface area contributed by atoms with Crippen molar-refractivity contribution < 1.29 is 9.26 Å². The maximum Gasteiger partial charge on any atom is 0.319 e. The fourth-order valence-electron chi connectivity index (χ4n) is 3.29. The summed E-state index contributed by atoms with van der Waals surface area (Å²) in [6.45, 7) is 6.17. The molecule has 4 N–H and O–H groups in total. The van der Waals surface area contributed by atoms with Crippen molar-refractivity contribution in [2.75, 3.05) is 5.32 Å². The lowest BCUT2D eigenvalue weighted by Crippen LogP contribution is -2.37. The highest BCUT2D eigenvalue weighted by atomic mass is 16.5. The number of nitrogens with one attached hydrogen (secondary N) is 2. The van der Waals surface area contributed by atoms with Gasteiger partial charge in [-0.05, 0) is 25.7 Å². The minimum atomic E-state index is 0.185. The summed E-state index contributed by atoms with van der Waals surface area (Å²) in [5.41, 5.74) is 6.26. The number of hydrogen-bond acceptors (Lipinski definition) is 8. The highest BCUT2D eigenvalue weighted by Crippen LogP contribution is 2.34. The van der Waals surface area contributed by atoms with Crippen LogP contribution in [0.4, 0.5) is 5.82 Å². The van der Waals surface area contributed by atoms with Gasteiger partial charge in [-0.2, -0.15) is 4.98 Å². The van der Waals surface area contributed by atoms with Gasteiger partial charge in [-0.25, -0.2) is 4.98 Å². The highest BCUT2D eigenvalue weighted by Gasteiger charge is 2.30. The van der Waals surface area contributed by atoms with E-state index in [1.807, 2.05) is 49.4 Å². The summed E-state index contributed by atoms with van der Waals surface area (Å²) in [4.78, 5) is 8.77. The predicted octanol–water partition coefficient (Wildman–Crippen LogP) is 3.58. The number of hydrazine groups is 1. The van der Waals surface area contributed by atoms with Gasteiger partial charge in [-0.3, -0.25) is 11.3 Å². The third-order valence-electron chi connectivity index (χ3n) is 4.98. The molecule has 1 unspecified atom stereocenters. The molecule has 0 saturated heterocycles. The molecule has 1 aliphatic carbocycles. The minimum Gasteiger partial charge on any atom is -0.455 e. The molecule has 0 bridgehead atoms. The number of benzene rings is 1. The van der Waals surface area contributed by atoms with E-state index in [4.69, 9.17) is 15.1 Å². The van der Waals surface area contributed by atoms with Crippen molar-refractivity contribution in [3.63, 3.8) is 0 Å². The fourth-order valence-corrected chi connectivity index (χ4v) is 3.29. The number of nitrogens with two attached hydrogens (primary N) is 1. The number of nitrogens with zero attached hydrogens (tertiary/aromatic N) is 3. The number of hydrogen-bond donors (Lipinski definition) is 3. The zero-order valence-electron chi connectivity index (χ0n) is 17.0. The van der Waals surface area contributed by atoms with Crippen molar-refractivity contribution in [1.82, 2.24) is 20.6 Å². The van der Waals surface area contributed by atoms with Crippen LogP contribution in [-0.2, 0) is 6.61 Å². The van der Waals surface area contributed by atoms with Crippen LogP contribution >= 0.6 is 0 Å². The first kappa shape index (κ1) is 20.1. The van der Waals surface area contributed by atoms with E-state index < -0.39 is 0 Å². The second kappa shape index (κ2) is 9.06. The Bertz CT molecular complexity index is 1000. The molecule has 1 atom stereocenters. The van der Waals surface area contributed by atoms with Crippen molar-refractivity contribution >= 4 is 5.82 Å². The van der Waals surface area contributed by atoms with Crippen LogP contribution in [0.1, 0.15) is 30.7 Å². The summed E-state index contributed by atoms with van der Waals surface area (Å²) in [5, 5.41) is 7.33. The van der Waals surface area contributed by atoms with Crippen LogP contribution in [0, 0.1) is 12.8 Å². The Morgan fingerprint density at radius 3 is 2.80 bits per heavy atom. The van der Waals surface area contributed by atoms with Crippen LogP contribution in [0.25, 0.3) is 11.3 Å². The van der Waals surface area contributed by atoms with Crippen LogP contribution in [0.2, 0.25) is 0 Å². The van der Waals surface area contributed by atoms with Gasteiger partial charge in [0.15, 0.2) is 12.4 Å². The van der Waals surface area contributed by atoms with Crippen LogP contribution in [0.3, 0.4) is 0 Å². The number of ether oxygens (including phenoxy) is 1. The summed E-state index contributed by atoms with van der Waals surface area (Å²) < 4.78 is 11.1. The Labute approximate surface area is 175 Å². The Morgan fingerprint density at radius 1 is 1.27 bits per heavy atom. The summed E-state index contributed by atoms with van der Waals surface area (Å²) in [6.07, 6.45) is 3.15. The van der Waals surface area contributed by atoms with Crippen molar-refractivity contribution in [1.29, 1.82) is 0 Å². The summed E-state index contributed by atoms with van der Waals surface area (Å²) in [6, 6.07) is 14.0. The molecule has 1 saturated carbocycles. The van der Waals surface area contributed by atoms with Crippen LogP contribution in [0.5, 0.6) is 6.01 Å². The van der Waals surface area contributed by atoms with E-state index >= 15 is 0 Å². The van der Waals surface area contributed by atoms with Gasteiger partial charge in [-0.15, -0.1) is 0 Å². The summed E-state index contributed by atoms with van der Waals surface area (Å²) in [7, 11) is 0. The molecule has 1 aliphatic rings. The fraction of sp³-hybridized carbons (Fsp3) is 0.318. The molecule has 3 aromatic rings. The lowest BCUT2D eigenvalue weighted by molar-refractivity contribution is 0.233. The van der Waals surface area contributed by atoms with E-state index in [1.165, 1.54) is 12.8 Å². The SMILES string of the molecule is C=C(CC(NN)C1CC1)Nc1cc(C)nc(OCc2cc(-c3ccccc3)no2)n1. The zero-order chi connectivity index (χ0) is 20.9. The molecule has 2 heterocycles. The number of aryl methyl sites for hydroxylation is 1. The Hall–Kier alpha value is -3.23. The highest BCUT2D eigenvalue weighted by molar-refractivity contribution is 5.58. The van der Waals surface area contributed by atoms with Gasteiger partial charge in [0.25, 0.3) is 0 Å². The molecule has 4 rings (SSSR count). The minimum absolute atomic E-state index is 0.185. The van der Waals surface area contributed by atoms with E-state index in [0.29, 0.717) is 17.5 Å². The van der Waals surface area contributed by atoms with Crippen molar-refractivity contribution in [3.05, 3.63) is 66.2 Å². The number of aromatic nitrogens is 3. The molecule has 8 heteroatoms. The van der Waals surface area contributed by atoms with E-state index in [2.05, 4.69) is 32.4 Å². The van der Waals surface area contributed by atoms with Crippen LogP contribution < -0.4 is 21.3 Å². The van der Waals surface area contributed by atoms with Gasteiger partial charge in [0, 0.05) is 41.5 Å². The Morgan fingerprint density at radius 2 is 2.07 bits per heavy atom. The predicted molar refractivity (Wildman–Crippen MR) is 114 cm³/mol. The average Bonchev–Trinajstić information content (AvgIpc) is 3.48. The maximum absolute atomic E-state index is 5.74. The molecule has 8 nitrogen and oxygen atoms in total. The summed E-state index contributed by atoms with van der Waals surface area (Å²) in [5.74, 6) is 7.52. The Balaban J connectivity index is 1.36. The monoisotopic (exact) mass is 406 g/mol. The first-order valence-corrected chi connectivity index (χ1v) is 10.0. The second-order valence-electron chi connectivity index (χ2n) is 7.55. The van der Waals surface area contributed by atoms with Gasteiger partial charge in [0.2, 0.25) is 0 Å². The van der Waals surface area contributed by atoms with Crippen molar-refractivity contribution in [2.45, 2.75) is 38.8 Å². The molecule has 2 aromatic heterocycles. The van der Waals surface area contributed by atoms with E-state index in [1.54, 1.807) is 0 Å². The van der Waals surface area contributed by atoms with Gasteiger partial charge in [-0.1, -0.05) is 42.1 Å². The smallest absolute Gasteiger partial charge is 0.319 e. The quantitative estimate of drug-likeness (QED) is 0.346. The number of rotatable bonds is 10. The number of anilines is 1. The largest absolute Gasteiger partial charge is 0.455 e. The molecule has 1 fully saturated rings. The molecule has 156 valence electrons. The molecule has 1 aromatic carbocycles. The second-order valence-corrected chi connectivity index (χ2v) is 7.55. The molecule has 30 heavy (non-hydrogen) atoms. The van der Waals surface area contributed by atoms with Crippen LogP contribution in [0.15, 0.2) is 59.3 Å². The van der Waals surface area contributed by atoms with Gasteiger partial charge in [0.1, 0.15) is 11.5 Å². The molecular weight excluding hydrogens is 380 g/mol. The summed E-state index contributed by atoms with van der Waals surface area (Å²) >= 11 is 0. The molecule has 0 spiro atoms. The molecule has 0 amide bonds. The third kappa shape index (κ3) is 5.22. The topological polar surface area (TPSA) is 111 Å². The van der Waals surface area contributed by atoms with E-state index in [0.717, 1.165) is 29.1 Å². The molecule has 0 radical (unpaired) electrons. The normalized spacial score (nSPS) is 14.3. The first-order valence-electron chi connectivity index (χ1n) is 10.0. The lowest BCUT2D eigenvalue weighted by atomic mass is 10.1. The van der Waals surface area contributed by atoms with Crippen LogP contribution in [-0.4, -0.2) is 21.2 Å². The Kier molecular flexibility index (Phi) is 6.06. The van der Waals surface area contributed by atoms with Crippen molar-refractivity contribution in [2.24, 2.45) is 11.8 Å². The molecule has 0 aliphatic heterocycles. The van der Waals surface area contributed by atoms with Crippen molar-refractivity contribution in [3.8, 4) is 17.3 Å². The third-order valence-corrected chi connectivity index (χ3v) is 4.98. The zero-order valence-corrected chi connectivity index (χ0v) is 17.0.